The highest BCUT2D eigenvalue weighted by molar-refractivity contribution is 7.98. The van der Waals surface area contributed by atoms with Crippen molar-refractivity contribution in [3.05, 3.63) is 166 Å². The molecule has 282 valence electrons. The van der Waals surface area contributed by atoms with Crippen LogP contribution in [0.15, 0.2) is 131 Å². The Kier molecular flexibility index (Phi) is 11.4. The SMILES string of the molecule is O=C(Cn1c(SCc2cccc(F)c2F)cc(=O)c2ccccc21)N(Cc1ccc(-c2ccc(C(F)(F)F)cc2)cc1)C1CCN(Cc2ccccn2)CC1. The van der Waals surface area contributed by atoms with Crippen molar-refractivity contribution >= 4 is 28.6 Å². The van der Waals surface area contributed by atoms with Crippen molar-refractivity contribution in [2.24, 2.45) is 0 Å². The van der Waals surface area contributed by atoms with Crippen LogP contribution in [0.1, 0.15) is 35.2 Å². The van der Waals surface area contributed by atoms with Gasteiger partial charge in [0.05, 0.1) is 21.8 Å². The quantitative estimate of drug-likeness (QED) is 0.0972. The molecule has 0 atom stereocenters. The number of halogens is 5. The average molecular weight is 769 g/mol. The number of fused-ring (bicyclic) bond motifs is 1. The van der Waals surface area contributed by atoms with Crippen LogP contribution < -0.4 is 5.43 Å². The number of amides is 1. The summed E-state index contributed by atoms with van der Waals surface area (Å²) in [5.74, 6) is -2.05. The van der Waals surface area contributed by atoms with E-state index >= 15 is 0 Å². The smallest absolute Gasteiger partial charge is 0.334 e. The highest BCUT2D eigenvalue weighted by Gasteiger charge is 2.31. The van der Waals surface area contributed by atoms with Crippen molar-refractivity contribution in [3.8, 4) is 11.1 Å². The number of pyridine rings is 2. The first kappa shape index (κ1) is 38.0. The Morgan fingerprint density at radius 3 is 2.22 bits per heavy atom. The third-order valence-electron chi connectivity index (χ3n) is 9.96. The molecule has 0 bridgehead atoms. The molecule has 0 radical (unpaired) electrons. The first-order valence-corrected chi connectivity index (χ1v) is 18.9. The second kappa shape index (κ2) is 16.6. The molecule has 12 heteroatoms. The van der Waals surface area contributed by atoms with Gasteiger partial charge >= 0.3 is 6.18 Å². The number of hydrogen-bond acceptors (Lipinski definition) is 5. The Hall–Kier alpha value is -5.33. The lowest BCUT2D eigenvalue weighted by atomic mass is 10.00. The number of carbonyl (C=O) groups is 1. The van der Waals surface area contributed by atoms with Gasteiger partial charge in [0, 0.05) is 61.2 Å². The molecule has 1 aliphatic heterocycles. The second-order valence-corrected chi connectivity index (χ2v) is 14.6. The van der Waals surface area contributed by atoms with Gasteiger partial charge in [-0.15, -0.1) is 11.8 Å². The highest BCUT2D eigenvalue weighted by atomic mass is 32.2. The van der Waals surface area contributed by atoms with Crippen molar-refractivity contribution in [3.63, 3.8) is 0 Å². The van der Waals surface area contributed by atoms with Crippen LogP contribution in [0.3, 0.4) is 0 Å². The van der Waals surface area contributed by atoms with E-state index in [2.05, 4.69) is 9.88 Å². The maximum atomic E-state index is 14.6. The Labute approximate surface area is 319 Å². The number of rotatable bonds is 11. The lowest BCUT2D eigenvalue weighted by molar-refractivity contribution is -0.137. The number of aromatic nitrogens is 2. The fourth-order valence-electron chi connectivity index (χ4n) is 7.01. The average Bonchev–Trinajstić information content (AvgIpc) is 3.19. The van der Waals surface area contributed by atoms with Gasteiger partial charge in [0.25, 0.3) is 0 Å². The van der Waals surface area contributed by atoms with Crippen molar-refractivity contribution in [2.45, 2.75) is 55.5 Å². The molecule has 1 saturated heterocycles. The molecule has 0 saturated carbocycles. The van der Waals surface area contributed by atoms with Gasteiger partial charge in [-0.25, -0.2) is 8.78 Å². The number of para-hydroxylation sites is 1. The lowest BCUT2D eigenvalue weighted by Crippen LogP contribution is -2.48. The summed E-state index contributed by atoms with van der Waals surface area (Å²) in [4.78, 5) is 36.5. The first-order chi connectivity index (χ1) is 26.5. The van der Waals surface area contributed by atoms with Crippen molar-refractivity contribution < 1.29 is 26.7 Å². The van der Waals surface area contributed by atoms with Gasteiger partial charge in [0.1, 0.15) is 6.54 Å². The van der Waals surface area contributed by atoms with Crippen molar-refractivity contribution in [1.29, 1.82) is 0 Å². The molecule has 1 fully saturated rings. The van der Waals surface area contributed by atoms with Crippen LogP contribution >= 0.6 is 11.8 Å². The molecule has 0 aliphatic carbocycles. The summed E-state index contributed by atoms with van der Waals surface area (Å²) >= 11 is 1.16. The van der Waals surface area contributed by atoms with Crippen LogP contribution in [0.2, 0.25) is 0 Å². The molecule has 1 amide bonds. The normalized spacial score (nSPS) is 14.0. The molecule has 55 heavy (non-hydrogen) atoms. The topological polar surface area (TPSA) is 58.4 Å². The first-order valence-electron chi connectivity index (χ1n) is 17.9. The van der Waals surface area contributed by atoms with Gasteiger partial charge in [0.15, 0.2) is 17.1 Å². The van der Waals surface area contributed by atoms with E-state index in [4.69, 9.17) is 0 Å². The van der Waals surface area contributed by atoms with Gasteiger partial charge < -0.3 is 9.47 Å². The molecule has 3 heterocycles. The summed E-state index contributed by atoms with van der Waals surface area (Å²) in [7, 11) is 0. The van der Waals surface area contributed by atoms with Gasteiger partial charge in [-0.05, 0) is 72.0 Å². The number of carbonyl (C=O) groups excluding carboxylic acids is 1. The van der Waals surface area contributed by atoms with E-state index in [9.17, 15) is 31.5 Å². The number of benzene rings is 4. The minimum atomic E-state index is -4.42. The molecule has 2 aromatic heterocycles. The summed E-state index contributed by atoms with van der Waals surface area (Å²) in [5.41, 5.74) is 2.93. The van der Waals surface area contributed by atoms with E-state index < -0.39 is 23.4 Å². The monoisotopic (exact) mass is 768 g/mol. The molecule has 6 aromatic rings. The Balaban J connectivity index is 1.16. The van der Waals surface area contributed by atoms with E-state index in [0.29, 0.717) is 40.9 Å². The zero-order valence-electron chi connectivity index (χ0n) is 29.7. The van der Waals surface area contributed by atoms with Gasteiger partial charge in [0.2, 0.25) is 5.91 Å². The maximum Gasteiger partial charge on any atom is 0.416 e. The van der Waals surface area contributed by atoms with Crippen LogP contribution in [0.25, 0.3) is 22.0 Å². The molecule has 0 N–H and O–H groups in total. The number of alkyl halides is 3. The Morgan fingerprint density at radius 1 is 0.836 bits per heavy atom. The number of hydrogen-bond donors (Lipinski definition) is 0. The zero-order chi connectivity index (χ0) is 38.5. The summed E-state index contributed by atoms with van der Waals surface area (Å²) in [6, 6.07) is 30.6. The molecular weight excluding hydrogens is 732 g/mol. The molecule has 1 aliphatic rings. The third-order valence-corrected chi connectivity index (χ3v) is 11.1. The molecule has 4 aromatic carbocycles. The van der Waals surface area contributed by atoms with Crippen molar-refractivity contribution in [2.75, 3.05) is 13.1 Å². The number of piperidine rings is 1. The number of thioether (sulfide) groups is 1. The van der Waals surface area contributed by atoms with Crippen LogP contribution in [0.5, 0.6) is 0 Å². The predicted molar refractivity (Wildman–Crippen MR) is 204 cm³/mol. The second-order valence-electron chi connectivity index (χ2n) is 13.6. The molecular formula is C43H37F5N4O2S. The highest BCUT2D eigenvalue weighted by Crippen LogP contribution is 2.32. The largest absolute Gasteiger partial charge is 0.416 e. The Morgan fingerprint density at radius 2 is 1.53 bits per heavy atom. The standard InChI is InChI=1S/C43H37F5N4O2S/c44-37-9-5-6-32(42(37)45)28-55-41-24-39(53)36-8-1-2-10-38(36)52(41)27-40(54)51(35-19-22-50(23-20-35)26-34-7-3-4-21-49-34)25-29-11-13-30(14-12-29)31-15-17-33(18-16-31)43(46,47)48/h1-18,21,24,35H,19-20,22-23,25-28H2. The van der Waals surface area contributed by atoms with Crippen LogP contribution in [0.4, 0.5) is 22.0 Å². The molecule has 6 nitrogen and oxygen atoms in total. The molecule has 7 rings (SSSR count). The summed E-state index contributed by atoms with van der Waals surface area (Å²) in [6.07, 6.45) is -1.22. The van der Waals surface area contributed by atoms with Crippen LogP contribution in [0, 0.1) is 11.6 Å². The lowest BCUT2D eigenvalue weighted by Gasteiger charge is -2.39. The fourth-order valence-corrected chi connectivity index (χ4v) is 8.04. The van der Waals surface area contributed by atoms with Crippen LogP contribution in [-0.4, -0.2) is 44.4 Å². The maximum absolute atomic E-state index is 14.6. The predicted octanol–water partition coefficient (Wildman–Crippen LogP) is 9.35. The summed E-state index contributed by atoms with van der Waals surface area (Å²) in [5, 5.41) is 0.886. The van der Waals surface area contributed by atoms with E-state index in [1.165, 1.54) is 30.3 Å². The molecule has 0 spiro atoms. The zero-order valence-corrected chi connectivity index (χ0v) is 30.5. The number of nitrogens with zero attached hydrogens (tertiary/aromatic N) is 4. The van der Waals surface area contributed by atoms with E-state index in [1.54, 1.807) is 35.0 Å². The minimum Gasteiger partial charge on any atom is -0.334 e. The van der Waals surface area contributed by atoms with Crippen LogP contribution in [-0.2, 0) is 36.4 Å². The van der Waals surface area contributed by atoms with E-state index in [-0.39, 0.29) is 41.8 Å². The Bertz CT molecular complexity index is 2330. The van der Waals surface area contributed by atoms with Crippen molar-refractivity contribution in [1.82, 2.24) is 19.4 Å². The van der Waals surface area contributed by atoms with Gasteiger partial charge in [-0.1, -0.05) is 66.7 Å². The number of likely N-dealkylation sites (tertiary alicyclic amines) is 1. The summed E-state index contributed by atoms with van der Waals surface area (Å²) < 4.78 is 69.9. The van der Waals surface area contributed by atoms with E-state index in [0.717, 1.165) is 59.9 Å². The minimum absolute atomic E-state index is 0.0410. The fraction of sp³-hybridized carbons (Fsp3) is 0.233. The van der Waals surface area contributed by atoms with Gasteiger partial charge in [-0.2, -0.15) is 13.2 Å². The third kappa shape index (κ3) is 8.98. The molecule has 0 unspecified atom stereocenters. The van der Waals surface area contributed by atoms with E-state index in [1.807, 2.05) is 47.4 Å². The van der Waals surface area contributed by atoms with Gasteiger partial charge in [-0.3, -0.25) is 19.5 Å². The summed E-state index contributed by atoms with van der Waals surface area (Å²) in [6.45, 7) is 2.37.